The normalized spacial score (nSPS) is 13.9. The van der Waals surface area contributed by atoms with Gasteiger partial charge in [-0.15, -0.1) is 0 Å². The summed E-state index contributed by atoms with van der Waals surface area (Å²) in [5, 5.41) is 0. The third-order valence-electron chi connectivity index (χ3n) is 2.39. The SMILES string of the molecule is CCC(C)N(CC)C(=O)CC(C)(C)N. The van der Waals surface area contributed by atoms with E-state index in [1.54, 1.807) is 0 Å². The number of hydrogen-bond donors (Lipinski definition) is 1. The zero-order chi connectivity index (χ0) is 11.4. The lowest BCUT2D eigenvalue weighted by molar-refractivity contribution is -0.134. The van der Waals surface area contributed by atoms with Crippen molar-refractivity contribution in [2.24, 2.45) is 5.73 Å². The van der Waals surface area contributed by atoms with Gasteiger partial charge in [0.05, 0.1) is 0 Å². The summed E-state index contributed by atoms with van der Waals surface area (Å²) in [6.07, 6.45) is 1.41. The van der Waals surface area contributed by atoms with Crippen LogP contribution in [0.15, 0.2) is 0 Å². The Hall–Kier alpha value is -0.570. The van der Waals surface area contributed by atoms with Crippen molar-refractivity contribution in [3.63, 3.8) is 0 Å². The predicted molar refractivity (Wildman–Crippen MR) is 60.0 cm³/mol. The first-order chi connectivity index (χ1) is 6.31. The largest absolute Gasteiger partial charge is 0.340 e. The molecule has 0 aliphatic rings. The number of nitrogens with two attached hydrogens (primary N) is 1. The summed E-state index contributed by atoms with van der Waals surface area (Å²) in [5.74, 6) is 0.161. The Balaban J connectivity index is 4.33. The number of amides is 1. The Labute approximate surface area is 87.6 Å². The number of hydrogen-bond acceptors (Lipinski definition) is 2. The van der Waals surface area contributed by atoms with Gasteiger partial charge in [0.1, 0.15) is 0 Å². The first kappa shape index (κ1) is 13.4. The zero-order valence-electron chi connectivity index (χ0n) is 10.1. The van der Waals surface area contributed by atoms with Crippen LogP contribution < -0.4 is 5.73 Å². The van der Waals surface area contributed by atoms with Crippen LogP contribution in [-0.4, -0.2) is 28.9 Å². The molecule has 3 nitrogen and oxygen atoms in total. The molecule has 0 saturated heterocycles. The van der Waals surface area contributed by atoms with Crippen molar-refractivity contribution >= 4 is 5.91 Å². The third kappa shape index (κ3) is 4.61. The van der Waals surface area contributed by atoms with E-state index in [-0.39, 0.29) is 5.91 Å². The van der Waals surface area contributed by atoms with Gasteiger partial charge in [0.25, 0.3) is 0 Å². The lowest BCUT2D eigenvalue weighted by Gasteiger charge is -2.30. The van der Waals surface area contributed by atoms with E-state index in [1.807, 2.05) is 25.7 Å². The molecule has 84 valence electrons. The lowest BCUT2D eigenvalue weighted by atomic mass is 10.0. The van der Waals surface area contributed by atoms with Crippen molar-refractivity contribution < 1.29 is 4.79 Å². The van der Waals surface area contributed by atoms with Gasteiger partial charge in [-0.3, -0.25) is 4.79 Å². The minimum absolute atomic E-state index is 0.161. The van der Waals surface area contributed by atoms with Gasteiger partial charge in [-0.25, -0.2) is 0 Å². The number of carbonyl (C=O) groups excluding carboxylic acids is 1. The molecule has 1 atom stereocenters. The molecule has 1 unspecified atom stereocenters. The second kappa shape index (κ2) is 5.35. The van der Waals surface area contributed by atoms with Gasteiger partial charge >= 0.3 is 0 Å². The van der Waals surface area contributed by atoms with Crippen LogP contribution in [0.4, 0.5) is 0 Å². The van der Waals surface area contributed by atoms with E-state index >= 15 is 0 Å². The van der Waals surface area contributed by atoms with Gasteiger partial charge in [0, 0.05) is 24.5 Å². The van der Waals surface area contributed by atoms with Crippen molar-refractivity contribution in [1.82, 2.24) is 4.90 Å². The molecule has 3 heteroatoms. The van der Waals surface area contributed by atoms with Crippen LogP contribution in [0.3, 0.4) is 0 Å². The maximum absolute atomic E-state index is 11.8. The van der Waals surface area contributed by atoms with Crippen LogP contribution in [0.25, 0.3) is 0 Å². The molecule has 2 N–H and O–H groups in total. The first-order valence-electron chi connectivity index (χ1n) is 5.40. The molecule has 0 aliphatic heterocycles. The average molecular weight is 200 g/mol. The lowest BCUT2D eigenvalue weighted by Crippen LogP contribution is -2.44. The van der Waals surface area contributed by atoms with E-state index in [4.69, 9.17) is 5.73 Å². The molecule has 0 rings (SSSR count). The van der Waals surface area contributed by atoms with Crippen LogP contribution in [0, 0.1) is 0 Å². The summed E-state index contributed by atoms with van der Waals surface area (Å²) in [7, 11) is 0. The zero-order valence-corrected chi connectivity index (χ0v) is 10.1. The van der Waals surface area contributed by atoms with Crippen LogP contribution in [-0.2, 0) is 4.79 Å². The molecule has 0 aliphatic carbocycles. The fraction of sp³-hybridized carbons (Fsp3) is 0.909. The van der Waals surface area contributed by atoms with Crippen LogP contribution in [0.5, 0.6) is 0 Å². The van der Waals surface area contributed by atoms with Gasteiger partial charge in [0.2, 0.25) is 5.91 Å². The maximum Gasteiger partial charge on any atom is 0.224 e. The Morgan fingerprint density at radius 3 is 2.21 bits per heavy atom. The maximum atomic E-state index is 11.8. The average Bonchev–Trinajstić information content (AvgIpc) is 2.01. The highest BCUT2D eigenvalue weighted by Gasteiger charge is 2.22. The molecule has 14 heavy (non-hydrogen) atoms. The summed E-state index contributed by atoms with van der Waals surface area (Å²) in [6, 6.07) is 0.315. The van der Waals surface area contributed by atoms with E-state index in [0.29, 0.717) is 12.5 Å². The highest BCUT2D eigenvalue weighted by atomic mass is 16.2. The van der Waals surface area contributed by atoms with Gasteiger partial charge in [-0.05, 0) is 34.1 Å². The summed E-state index contributed by atoms with van der Waals surface area (Å²) in [4.78, 5) is 13.7. The molecule has 0 radical (unpaired) electrons. The molecule has 0 aromatic rings. The Morgan fingerprint density at radius 1 is 1.43 bits per heavy atom. The molecule has 0 aromatic heterocycles. The monoisotopic (exact) mass is 200 g/mol. The van der Waals surface area contributed by atoms with E-state index < -0.39 is 5.54 Å². The summed E-state index contributed by atoms with van der Waals surface area (Å²) < 4.78 is 0. The van der Waals surface area contributed by atoms with Gasteiger partial charge < -0.3 is 10.6 Å². The Kier molecular flexibility index (Phi) is 5.13. The number of nitrogens with zero attached hydrogens (tertiary/aromatic N) is 1. The molecule has 0 saturated carbocycles. The highest BCUT2D eigenvalue weighted by Crippen LogP contribution is 2.11. The van der Waals surface area contributed by atoms with Crippen molar-refractivity contribution in [2.75, 3.05) is 6.54 Å². The predicted octanol–water partition coefficient (Wildman–Crippen LogP) is 1.76. The second-order valence-corrected chi connectivity index (χ2v) is 4.60. The molecule has 0 fully saturated rings. The smallest absolute Gasteiger partial charge is 0.224 e. The van der Waals surface area contributed by atoms with Crippen molar-refractivity contribution in [3.8, 4) is 0 Å². The topological polar surface area (TPSA) is 46.3 Å². The minimum atomic E-state index is -0.405. The number of rotatable bonds is 5. The standard InChI is InChI=1S/C11H24N2O/c1-6-9(3)13(7-2)10(14)8-11(4,5)12/h9H,6-8,12H2,1-5H3. The summed E-state index contributed by atoms with van der Waals surface area (Å²) in [5.41, 5.74) is 5.42. The Morgan fingerprint density at radius 2 is 1.93 bits per heavy atom. The quantitative estimate of drug-likeness (QED) is 0.735. The number of carbonyl (C=O) groups is 1. The molecule has 0 bridgehead atoms. The van der Waals surface area contributed by atoms with Crippen molar-refractivity contribution in [2.45, 2.75) is 59.0 Å². The molecule has 1 amide bonds. The fourth-order valence-corrected chi connectivity index (χ4v) is 1.45. The molecular formula is C11H24N2O. The van der Waals surface area contributed by atoms with Gasteiger partial charge in [-0.2, -0.15) is 0 Å². The molecule has 0 aromatic carbocycles. The molecule has 0 heterocycles. The first-order valence-corrected chi connectivity index (χ1v) is 5.40. The van der Waals surface area contributed by atoms with E-state index in [9.17, 15) is 4.79 Å². The van der Waals surface area contributed by atoms with Crippen LogP contribution in [0.2, 0.25) is 0 Å². The van der Waals surface area contributed by atoms with Gasteiger partial charge in [-0.1, -0.05) is 6.92 Å². The molecular weight excluding hydrogens is 176 g/mol. The van der Waals surface area contributed by atoms with Crippen LogP contribution in [0.1, 0.15) is 47.5 Å². The van der Waals surface area contributed by atoms with Gasteiger partial charge in [0.15, 0.2) is 0 Å². The summed E-state index contributed by atoms with van der Waals surface area (Å²) in [6.45, 7) is 10.7. The highest BCUT2D eigenvalue weighted by molar-refractivity contribution is 5.77. The minimum Gasteiger partial charge on any atom is -0.340 e. The van der Waals surface area contributed by atoms with Crippen molar-refractivity contribution in [3.05, 3.63) is 0 Å². The van der Waals surface area contributed by atoms with E-state index in [0.717, 1.165) is 13.0 Å². The fourth-order valence-electron chi connectivity index (χ4n) is 1.45. The Bertz CT molecular complexity index is 184. The van der Waals surface area contributed by atoms with E-state index in [1.165, 1.54) is 0 Å². The molecule has 0 spiro atoms. The summed E-state index contributed by atoms with van der Waals surface area (Å²) >= 11 is 0. The van der Waals surface area contributed by atoms with Crippen LogP contribution >= 0.6 is 0 Å². The van der Waals surface area contributed by atoms with Crippen molar-refractivity contribution in [1.29, 1.82) is 0 Å². The third-order valence-corrected chi connectivity index (χ3v) is 2.39. The second-order valence-electron chi connectivity index (χ2n) is 4.60. The van der Waals surface area contributed by atoms with E-state index in [2.05, 4.69) is 13.8 Å².